The van der Waals surface area contributed by atoms with Crippen LogP contribution in [0, 0.1) is 0 Å². The maximum atomic E-state index is 12.6. The van der Waals surface area contributed by atoms with Gasteiger partial charge in [-0.05, 0) is 38.4 Å². The molecular weight excluding hydrogens is 356 g/mol. The van der Waals surface area contributed by atoms with Crippen molar-refractivity contribution in [3.05, 3.63) is 23.8 Å². The molecule has 24 heavy (non-hydrogen) atoms. The average Bonchev–Trinajstić information content (AvgIpc) is 2.55. The third kappa shape index (κ3) is 4.60. The van der Waals surface area contributed by atoms with Gasteiger partial charge in [0.15, 0.2) is 0 Å². The van der Waals surface area contributed by atoms with E-state index in [0.717, 1.165) is 19.4 Å². The molecule has 136 valence electrons. The Hall–Kier alpha value is -1.35. The molecule has 7 nitrogen and oxygen atoms in total. The second-order valence-corrected chi connectivity index (χ2v) is 7.18. The van der Waals surface area contributed by atoms with E-state index in [1.807, 2.05) is 6.92 Å². The number of piperidine rings is 1. The molecule has 1 aliphatic heterocycles. The van der Waals surface area contributed by atoms with Gasteiger partial charge in [-0.2, -0.15) is 0 Å². The van der Waals surface area contributed by atoms with Gasteiger partial charge < -0.3 is 14.8 Å². The quantitative estimate of drug-likeness (QED) is 0.750. The van der Waals surface area contributed by atoms with Gasteiger partial charge in [-0.15, -0.1) is 12.4 Å². The lowest BCUT2D eigenvalue weighted by Crippen LogP contribution is -2.51. The predicted octanol–water partition coefficient (Wildman–Crippen LogP) is 1.32. The van der Waals surface area contributed by atoms with Crippen LogP contribution in [0.15, 0.2) is 23.1 Å². The highest BCUT2D eigenvalue weighted by Crippen LogP contribution is 2.24. The van der Waals surface area contributed by atoms with Crippen molar-refractivity contribution in [1.82, 2.24) is 10.0 Å². The van der Waals surface area contributed by atoms with Gasteiger partial charge in [-0.1, -0.05) is 0 Å². The number of halogens is 1. The molecule has 2 rings (SSSR count). The van der Waals surface area contributed by atoms with Crippen LogP contribution in [0.2, 0.25) is 0 Å². The Balaban J connectivity index is 0.00000288. The number of ether oxygens (including phenoxy) is 2. The monoisotopic (exact) mass is 378 g/mol. The van der Waals surface area contributed by atoms with E-state index in [1.54, 1.807) is 0 Å². The molecule has 1 aliphatic rings. The van der Waals surface area contributed by atoms with Gasteiger partial charge in [0, 0.05) is 18.2 Å². The summed E-state index contributed by atoms with van der Waals surface area (Å²) in [7, 11) is -1.07. The molecule has 0 amide bonds. The number of benzene rings is 1. The van der Waals surface area contributed by atoms with Gasteiger partial charge in [-0.25, -0.2) is 17.9 Å². The van der Waals surface area contributed by atoms with Gasteiger partial charge in [0.1, 0.15) is 11.3 Å². The van der Waals surface area contributed by atoms with Crippen LogP contribution in [0.25, 0.3) is 0 Å². The fraction of sp³-hybridized carbons (Fsp3) is 0.533. The van der Waals surface area contributed by atoms with E-state index in [1.165, 1.54) is 32.4 Å². The summed E-state index contributed by atoms with van der Waals surface area (Å²) < 4.78 is 37.6. The minimum absolute atomic E-state index is 0. The largest absolute Gasteiger partial charge is 0.496 e. The average molecular weight is 379 g/mol. The zero-order valence-corrected chi connectivity index (χ0v) is 15.5. The Labute approximate surface area is 148 Å². The zero-order valence-electron chi connectivity index (χ0n) is 13.9. The first kappa shape index (κ1) is 20.7. The van der Waals surface area contributed by atoms with Gasteiger partial charge >= 0.3 is 5.97 Å². The van der Waals surface area contributed by atoms with Crippen molar-refractivity contribution in [1.29, 1.82) is 0 Å². The third-order valence-corrected chi connectivity index (χ3v) is 5.44. The van der Waals surface area contributed by atoms with E-state index in [4.69, 9.17) is 4.74 Å². The lowest BCUT2D eigenvalue weighted by molar-refractivity contribution is 0.0597. The van der Waals surface area contributed by atoms with Gasteiger partial charge in [-0.3, -0.25) is 0 Å². The van der Waals surface area contributed by atoms with E-state index in [-0.39, 0.29) is 40.7 Å². The van der Waals surface area contributed by atoms with Crippen molar-refractivity contribution in [3.8, 4) is 5.75 Å². The number of rotatable bonds is 5. The molecule has 0 spiro atoms. The van der Waals surface area contributed by atoms with E-state index in [0.29, 0.717) is 0 Å². The fourth-order valence-corrected chi connectivity index (χ4v) is 3.96. The van der Waals surface area contributed by atoms with Crippen LogP contribution in [-0.2, 0) is 14.8 Å². The highest BCUT2D eigenvalue weighted by Gasteiger charge is 2.27. The molecule has 0 aromatic heterocycles. The Morgan fingerprint density at radius 2 is 2.04 bits per heavy atom. The molecule has 1 heterocycles. The summed E-state index contributed by atoms with van der Waals surface area (Å²) in [6.45, 7) is 2.84. The molecule has 1 fully saturated rings. The summed E-state index contributed by atoms with van der Waals surface area (Å²) in [5, 5.41) is 3.25. The van der Waals surface area contributed by atoms with Crippen molar-refractivity contribution in [2.75, 3.05) is 20.8 Å². The molecule has 9 heteroatoms. The Morgan fingerprint density at radius 1 is 1.33 bits per heavy atom. The second-order valence-electron chi connectivity index (χ2n) is 5.47. The van der Waals surface area contributed by atoms with Crippen molar-refractivity contribution >= 4 is 28.4 Å². The number of hydrogen-bond donors (Lipinski definition) is 2. The topological polar surface area (TPSA) is 93.7 Å². The number of carbonyl (C=O) groups excluding carboxylic acids is 1. The summed E-state index contributed by atoms with van der Waals surface area (Å²) >= 11 is 0. The first-order valence-electron chi connectivity index (χ1n) is 7.41. The van der Waals surface area contributed by atoms with Crippen molar-refractivity contribution in [3.63, 3.8) is 0 Å². The number of sulfonamides is 1. The van der Waals surface area contributed by atoms with E-state index < -0.39 is 16.0 Å². The molecule has 1 saturated heterocycles. The SMILES string of the molecule is COC(=O)c1ccc(S(=O)(=O)NC2CCCNC2C)cc1OC.Cl. The van der Waals surface area contributed by atoms with E-state index >= 15 is 0 Å². The van der Waals surface area contributed by atoms with Gasteiger partial charge in [0.05, 0.1) is 19.1 Å². The van der Waals surface area contributed by atoms with Gasteiger partial charge in [0.25, 0.3) is 0 Å². The first-order chi connectivity index (χ1) is 10.9. The van der Waals surface area contributed by atoms with Crippen LogP contribution in [-0.4, -0.2) is 47.2 Å². The standard InChI is InChI=1S/C15H22N2O5S.ClH/c1-10-13(5-4-8-16-10)17-23(19,20)11-6-7-12(15(18)22-3)14(9-11)21-2;/h6-7,9-10,13,16-17H,4-5,8H2,1-3H3;1H. The minimum atomic E-state index is -3.70. The molecule has 2 atom stereocenters. The summed E-state index contributed by atoms with van der Waals surface area (Å²) in [6.07, 6.45) is 1.70. The summed E-state index contributed by atoms with van der Waals surface area (Å²) in [5.41, 5.74) is 0.182. The lowest BCUT2D eigenvalue weighted by Gasteiger charge is -2.30. The van der Waals surface area contributed by atoms with Gasteiger partial charge in [0.2, 0.25) is 10.0 Å². The van der Waals surface area contributed by atoms with Crippen LogP contribution >= 0.6 is 12.4 Å². The fourth-order valence-electron chi connectivity index (χ4n) is 2.59. The third-order valence-electron chi connectivity index (χ3n) is 3.96. The smallest absolute Gasteiger partial charge is 0.341 e. The lowest BCUT2D eigenvalue weighted by atomic mass is 10.0. The Kier molecular flexibility index (Phi) is 7.47. The van der Waals surface area contributed by atoms with Crippen molar-refractivity contribution < 1.29 is 22.7 Å². The van der Waals surface area contributed by atoms with Crippen LogP contribution < -0.4 is 14.8 Å². The summed E-state index contributed by atoms with van der Waals surface area (Å²) in [4.78, 5) is 11.7. The van der Waals surface area contributed by atoms with E-state index in [2.05, 4.69) is 14.8 Å². The van der Waals surface area contributed by atoms with Crippen molar-refractivity contribution in [2.45, 2.75) is 36.7 Å². The maximum Gasteiger partial charge on any atom is 0.341 e. The molecule has 0 bridgehead atoms. The molecule has 0 radical (unpaired) electrons. The number of nitrogens with one attached hydrogen (secondary N) is 2. The molecule has 0 aliphatic carbocycles. The molecular formula is C15H23ClN2O5S. The normalized spacial score (nSPS) is 20.8. The summed E-state index contributed by atoms with van der Waals surface area (Å²) in [6, 6.07) is 3.99. The Morgan fingerprint density at radius 3 is 2.62 bits per heavy atom. The highest BCUT2D eigenvalue weighted by atomic mass is 35.5. The number of esters is 1. The molecule has 2 N–H and O–H groups in total. The highest BCUT2D eigenvalue weighted by molar-refractivity contribution is 7.89. The molecule has 2 unspecified atom stereocenters. The summed E-state index contributed by atoms with van der Waals surface area (Å²) in [5.74, 6) is -0.418. The molecule has 0 saturated carbocycles. The van der Waals surface area contributed by atoms with Crippen LogP contribution in [0.1, 0.15) is 30.1 Å². The van der Waals surface area contributed by atoms with E-state index in [9.17, 15) is 13.2 Å². The number of carbonyl (C=O) groups is 1. The number of methoxy groups -OCH3 is 2. The zero-order chi connectivity index (χ0) is 17.0. The van der Waals surface area contributed by atoms with Crippen LogP contribution in [0.5, 0.6) is 5.75 Å². The second kappa shape index (κ2) is 8.66. The molecule has 1 aromatic rings. The predicted molar refractivity (Wildman–Crippen MR) is 92.4 cm³/mol. The maximum absolute atomic E-state index is 12.6. The van der Waals surface area contributed by atoms with Crippen LogP contribution in [0.4, 0.5) is 0 Å². The van der Waals surface area contributed by atoms with Crippen LogP contribution in [0.3, 0.4) is 0 Å². The number of hydrogen-bond acceptors (Lipinski definition) is 6. The Bertz CT molecular complexity index is 680. The minimum Gasteiger partial charge on any atom is -0.496 e. The van der Waals surface area contributed by atoms with Crippen molar-refractivity contribution in [2.24, 2.45) is 0 Å². The molecule has 1 aromatic carbocycles. The first-order valence-corrected chi connectivity index (χ1v) is 8.89.